The van der Waals surface area contributed by atoms with Crippen molar-refractivity contribution >= 4 is 29.3 Å². The second kappa shape index (κ2) is 7.49. The molecule has 0 radical (unpaired) electrons. The molecule has 1 atom stereocenters. The van der Waals surface area contributed by atoms with Crippen molar-refractivity contribution in [1.82, 2.24) is 5.32 Å². The van der Waals surface area contributed by atoms with Gasteiger partial charge < -0.3 is 15.2 Å². The van der Waals surface area contributed by atoms with E-state index in [1.165, 1.54) is 11.8 Å². The molecule has 6 heteroatoms. The predicted molar refractivity (Wildman–Crippen MR) is 84.8 cm³/mol. The van der Waals surface area contributed by atoms with Gasteiger partial charge in [0.2, 0.25) is 5.91 Å². The lowest BCUT2D eigenvalue weighted by Crippen LogP contribution is -2.48. The number of rotatable bonds is 5. The molecule has 1 aromatic carbocycles. The highest BCUT2D eigenvalue weighted by molar-refractivity contribution is 8.00. The van der Waals surface area contributed by atoms with Crippen molar-refractivity contribution in [3.63, 3.8) is 0 Å². The van der Waals surface area contributed by atoms with Gasteiger partial charge in [-0.1, -0.05) is 11.6 Å². The van der Waals surface area contributed by atoms with Crippen LogP contribution in [-0.4, -0.2) is 41.6 Å². The Morgan fingerprint density at radius 1 is 1.43 bits per heavy atom. The van der Waals surface area contributed by atoms with E-state index in [0.717, 1.165) is 4.90 Å². The Morgan fingerprint density at radius 3 is 2.67 bits per heavy atom. The highest BCUT2D eigenvalue weighted by Gasteiger charge is 2.30. The lowest BCUT2D eigenvalue weighted by atomic mass is 9.94. The Labute approximate surface area is 134 Å². The fourth-order valence-corrected chi connectivity index (χ4v) is 3.11. The van der Waals surface area contributed by atoms with Crippen LogP contribution in [0.1, 0.15) is 19.8 Å². The number of amides is 1. The van der Waals surface area contributed by atoms with Crippen LogP contribution in [0.2, 0.25) is 5.02 Å². The van der Waals surface area contributed by atoms with Crippen LogP contribution in [0.3, 0.4) is 0 Å². The van der Waals surface area contributed by atoms with Crippen molar-refractivity contribution < 1.29 is 14.6 Å². The number of carbonyl (C=O) groups excluding carboxylic acids is 1. The maximum atomic E-state index is 12.1. The highest BCUT2D eigenvalue weighted by Crippen LogP contribution is 2.25. The van der Waals surface area contributed by atoms with E-state index in [1.54, 1.807) is 12.1 Å². The van der Waals surface area contributed by atoms with Gasteiger partial charge in [0, 0.05) is 42.5 Å². The van der Waals surface area contributed by atoms with Crippen molar-refractivity contribution in [1.29, 1.82) is 0 Å². The van der Waals surface area contributed by atoms with Crippen molar-refractivity contribution in [2.45, 2.75) is 35.5 Å². The van der Waals surface area contributed by atoms with Crippen molar-refractivity contribution in [2.75, 3.05) is 19.8 Å². The number of nitrogens with one attached hydrogen (secondary N) is 1. The van der Waals surface area contributed by atoms with Crippen LogP contribution in [0.5, 0.6) is 0 Å². The number of thioether (sulfide) groups is 1. The normalized spacial score (nSPS) is 19.0. The molecule has 0 aliphatic carbocycles. The third-order valence-electron chi connectivity index (χ3n) is 3.51. The minimum atomic E-state index is -0.835. The number of ether oxygens (including phenoxy) is 1. The van der Waals surface area contributed by atoms with E-state index in [-0.39, 0.29) is 17.7 Å². The molecule has 2 N–H and O–H groups in total. The van der Waals surface area contributed by atoms with Gasteiger partial charge in [0.05, 0.1) is 10.9 Å². The van der Waals surface area contributed by atoms with Gasteiger partial charge in [0.15, 0.2) is 0 Å². The fourth-order valence-electron chi connectivity index (χ4n) is 2.09. The Balaban J connectivity index is 1.80. The van der Waals surface area contributed by atoms with Crippen LogP contribution in [0.4, 0.5) is 0 Å². The van der Waals surface area contributed by atoms with E-state index in [9.17, 15) is 9.90 Å². The number of benzene rings is 1. The predicted octanol–water partition coefficient (Wildman–Crippen LogP) is 2.48. The lowest BCUT2D eigenvalue weighted by molar-refractivity contribution is -0.123. The zero-order valence-electron chi connectivity index (χ0n) is 12.0. The zero-order valence-corrected chi connectivity index (χ0v) is 13.5. The standard InChI is InChI=1S/C15H20ClNO3S/c1-11(21-13-4-2-12(16)3-5-13)14(18)17-10-15(19)6-8-20-9-7-15/h2-5,11,19H,6-10H2,1H3,(H,17,18). The first-order valence-corrected chi connectivity index (χ1v) is 8.24. The summed E-state index contributed by atoms with van der Waals surface area (Å²) in [4.78, 5) is 13.1. The Bertz CT molecular complexity index is 474. The number of hydrogen-bond acceptors (Lipinski definition) is 4. The molecule has 1 saturated heterocycles. The monoisotopic (exact) mass is 329 g/mol. The van der Waals surface area contributed by atoms with Crippen LogP contribution in [0.25, 0.3) is 0 Å². The molecule has 2 rings (SSSR count). The van der Waals surface area contributed by atoms with Gasteiger partial charge >= 0.3 is 0 Å². The molecule has 1 aromatic rings. The SMILES string of the molecule is CC(Sc1ccc(Cl)cc1)C(=O)NCC1(O)CCOCC1. The maximum absolute atomic E-state index is 12.1. The highest BCUT2D eigenvalue weighted by atomic mass is 35.5. The molecule has 1 aliphatic rings. The Kier molecular flexibility index (Phi) is 5.93. The van der Waals surface area contributed by atoms with E-state index >= 15 is 0 Å². The number of hydrogen-bond donors (Lipinski definition) is 2. The topological polar surface area (TPSA) is 58.6 Å². The van der Waals surface area contributed by atoms with Gasteiger partial charge in [-0.05, 0) is 31.2 Å². The molecule has 0 bridgehead atoms. The Hall–Kier alpha value is -0.750. The summed E-state index contributed by atoms with van der Waals surface area (Å²) in [5.74, 6) is -0.0742. The molecular weight excluding hydrogens is 310 g/mol. The van der Waals surface area contributed by atoms with E-state index in [0.29, 0.717) is 31.1 Å². The summed E-state index contributed by atoms with van der Waals surface area (Å²) in [5.41, 5.74) is -0.835. The first-order chi connectivity index (χ1) is 9.98. The fraction of sp³-hybridized carbons (Fsp3) is 0.533. The smallest absolute Gasteiger partial charge is 0.233 e. The molecule has 1 fully saturated rings. The summed E-state index contributed by atoms with van der Waals surface area (Å²) in [5, 5.41) is 13.6. The number of carbonyl (C=O) groups is 1. The van der Waals surface area contributed by atoms with Crippen molar-refractivity contribution in [3.05, 3.63) is 29.3 Å². The van der Waals surface area contributed by atoms with Crippen LogP contribution in [-0.2, 0) is 9.53 Å². The number of halogens is 1. The molecule has 1 unspecified atom stereocenters. The van der Waals surface area contributed by atoms with Crippen molar-refractivity contribution in [3.8, 4) is 0 Å². The average Bonchev–Trinajstić information content (AvgIpc) is 2.48. The van der Waals surface area contributed by atoms with Gasteiger partial charge in [0.25, 0.3) is 0 Å². The van der Waals surface area contributed by atoms with E-state index in [4.69, 9.17) is 16.3 Å². The van der Waals surface area contributed by atoms with Gasteiger partial charge in [-0.2, -0.15) is 0 Å². The van der Waals surface area contributed by atoms with Crippen LogP contribution >= 0.6 is 23.4 Å². The molecule has 0 aromatic heterocycles. The quantitative estimate of drug-likeness (QED) is 0.815. The number of aliphatic hydroxyl groups is 1. The molecule has 1 aliphatic heterocycles. The summed E-state index contributed by atoms with van der Waals surface area (Å²) >= 11 is 7.30. The summed E-state index contributed by atoms with van der Waals surface area (Å²) in [6, 6.07) is 7.39. The van der Waals surface area contributed by atoms with Crippen LogP contribution in [0, 0.1) is 0 Å². The summed E-state index contributed by atoms with van der Waals surface area (Å²) in [6.07, 6.45) is 1.12. The zero-order chi connectivity index (χ0) is 15.3. The summed E-state index contributed by atoms with van der Waals surface area (Å²) < 4.78 is 5.22. The molecule has 1 amide bonds. The summed E-state index contributed by atoms with van der Waals surface area (Å²) in [6.45, 7) is 3.21. The molecule has 1 heterocycles. The van der Waals surface area contributed by atoms with Crippen molar-refractivity contribution in [2.24, 2.45) is 0 Å². The van der Waals surface area contributed by atoms with Gasteiger partial charge in [-0.15, -0.1) is 11.8 Å². The van der Waals surface area contributed by atoms with Gasteiger partial charge in [-0.25, -0.2) is 0 Å². The van der Waals surface area contributed by atoms with E-state index in [2.05, 4.69) is 5.32 Å². The third-order valence-corrected chi connectivity index (χ3v) is 4.87. The lowest BCUT2D eigenvalue weighted by Gasteiger charge is -2.32. The van der Waals surface area contributed by atoms with Gasteiger partial charge in [0.1, 0.15) is 0 Å². The van der Waals surface area contributed by atoms with Crippen LogP contribution < -0.4 is 5.32 Å². The second-order valence-electron chi connectivity index (χ2n) is 5.27. The first-order valence-electron chi connectivity index (χ1n) is 6.99. The minimum absolute atomic E-state index is 0.0742. The average molecular weight is 330 g/mol. The van der Waals surface area contributed by atoms with Crippen LogP contribution in [0.15, 0.2) is 29.2 Å². The van der Waals surface area contributed by atoms with Gasteiger partial charge in [-0.3, -0.25) is 4.79 Å². The third kappa shape index (κ3) is 5.18. The second-order valence-corrected chi connectivity index (χ2v) is 7.12. The molecular formula is C15H20ClNO3S. The maximum Gasteiger partial charge on any atom is 0.233 e. The molecule has 0 spiro atoms. The minimum Gasteiger partial charge on any atom is -0.388 e. The first kappa shape index (κ1) is 16.6. The molecule has 116 valence electrons. The Morgan fingerprint density at radius 2 is 2.05 bits per heavy atom. The van der Waals surface area contributed by atoms with E-state index < -0.39 is 5.60 Å². The molecule has 0 saturated carbocycles. The van der Waals surface area contributed by atoms with E-state index in [1.807, 2.05) is 19.1 Å². The molecule has 4 nitrogen and oxygen atoms in total. The largest absolute Gasteiger partial charge is 0.388 e. The molecule has 21 heavy (non-hydrogen) atoms. The summed E-state index contributed by atoms with van der Waals surface area (Å²) in [7, 11) is 0.